The van der Waals surface area contributed by atoms with Crippen LogP contribution in [0.3, 0.4) is 0 Å². The lowest BCUT2D eigenvalue weighted by atomic mass is 9.98. The van der Waals surface area contributed by atoms with E-state index in [1.165, 1.54) is 9.80 Å². The minimum Gasteiger partial charge on any atom is -0.481 e. The summed E-state index contributed by atoms with van der Waals surface area (Å²) in [5.74, 6) is -0.987. The van der Waals surface area contributed by atoms with Crippen molar-refractivity contribution < 1.29 is 29.0 Å². The molecule has 1 heterocycles. The van der Waals surface area contributed by atoms with E-state index in [-0.39, 0.29) is 38.2 Å². The van der Waals surface area contributed by atoms with Gasteiger partial charge in [-0.2, -0.15) is 0 Å². The fraction of sp³-hybridized carbons (Fsp3) is 0.464. The number of hydrogen-bond acceptors (Lipinski definition) is 5. The van der Waals surface area contributed by atoms with Crippen molar-refractivity contribution in [1.82, 2.24) is 9.80 Å². The van der Waals surface area contributed by atoms with Crippen LogP contribution in [0.15, 0.2) is 48.5 Å². The van der Waals surface area contributed by atoms with Crippen LogP contribution in [0.2, 0.25) is 0 Å². The van der Waals surface area contributed by atoms with Crippen molar-refractivity contribution in [2.75, 3.05) is 26.2 Å². The van der Waals surface area contributed by atoms with E-state index in [9.17, 15) is 19.5 Å². The Morgan fingerprint density at radius 2 is 1.56 bits per heavy atom. The predicted octanol–water partition coefficient (Wildman–Crippen LogP) is 4.72. The Morgan fingerprint density at radius 1 is 1.00 bits per heavy atom. The fourth-order valence-corrected chi connectivity index (χ4v) is 5.06. The van der Waals surface area contributed by atoms with Gasteiger partial charge in [-0.3, -0.25) is 4.79 Å². The number of carbonyl (C=O) groups excluding carboxylic acids is 2. The minimum absolute atomic E-state index is 0.0752. The van der Waals surface area contributed by atoms with E-state index in [0.29, 0.717) is 12.8 Å². The van der Waals surface area contributed by atoms with E-state index < -0.39 is 29.2 Å². The molecule has 1 saturated carbocycles. The number of carbonyl (C=O) groups is 3. The van der Waals surface area contributed by atoms with Gasteiger partial charge in [0.05, 0.1) is 11.5 Å². The van der Waals surface area contributed by atoms with Crippen LogP contribution in [0.5, 0.6) is 0 Å². The van der Waals surface area contributed by atoms with E-state index in [1.54, 1.807) is 20.8 Å². The number of carboxylic acid groups (broad SMARTS) is 1. The molecule has 0 radical (unpaired) electrons. The number of ether oxygens (including phenoxy) is 2. The van der Waals surface area contributed by atoms with Crippen molar-refractivity contribution in [1.29, 1.82) is 0 Å². The van der Waals surface area contributed by atoms with Crippen molar-refractivity contribution in [2.45, 2.75) is 51.2 Å². The van der Waals surface area contributed by atoms with Crippen LogP contribution < -0.4 is 0 Å². The van der Waals surface area contributed by atoms with Crippen molar-refractivity contribution in [3.05, 3.63) is 59.7 Å². The minimum atomic E-state index is -0.933. The molecule has 190 valence electrons. The van der Waals surface area contributed by atoms with Gasteiger partial charge in [0.1, 0.15) is 12.2 Å². The highest BCUT2D eigenvalue weighted by Crippen LogP contribution is 2.48. The SMILES string of the molecule is CC(C)(C)OC(=O)N1CC(N(CC2(C(=O)O)CC2)C(=O)OCC2c3ccccc3-c3ccccc32)C1. The molecule has 8 heteroatoms. The third-order valence-corrected chi connectivity index (χ3v) is 7.31. The number of aliphatic carboxylic acids is 1. The lowest BCUT2D eigenvalue weighted by Gasteiger charge is -2.45. The second-order valence-electron chi connectivity index (χ2n) is 11.1. The monoisotopic (exact) mass is 492 g/mol. The summed E-state index contributed by atoms with van der Waals surface area (Å²) in [6.45, 7) is 6.21. The lowest BCUT2D eigenvalue weighted by Crippen LogP contribution is -2.64. The van der Waals surface area contributed by atoms with Gasteiger partial charge in [0.15, 0.2) is 0 Å². The molecular weight excluding hydrogens is 460 g/mol. The van der Waals surface area contributed by atoms with Crippen LogP contribution >= 0.6 is 0 Å². The van der Waals surface area contributed by atoms with Crippen LogP contribution in [0.4, 0.5) is 9.59 Å². The highest BCUT2D eigenvalue weighted by Gasteiger charge is 2.54. The molecule has 0 bridgehead atoms. The zero-order valence-electron chi connectivity index (χ0n) is 20.9. The summed E-state index contributed by atoms with van der Waals surface area (Å²) in [4.78, 5) is 40.7. The molecule has 2 fully saturated rings. The number of nitrogens with zero attached hydrogens (tertiary/aromatic N) is 2. The Morgan fingerprint density at radius 3 is 2.06 bits per heavy atom. The van der Waals surface area contributed by atoms with Gasteiger partial charge in [0.25, 0.3) is 0 Å². The van der Waals surface area contributed by atoms with Gasteiger partial charge >= 0.3 is 18.2 Å². The zero-order valence-corrected chi connectivity index (χ0v) is 20.9. The van der Waals surface area contributed by atoms with Crippen molar-refractivity contribution in [2.24, 2.45) is 5.41 Å². The molecule has 2 aromatic carbocycles. The summed E-state index contributed by atoms with van der Waals surface area (Å²) in [7, 11) is 0. The molecule has 8 nitrogen and oxygen atoms in total. The molecule has 2 amide bonds. The number of carboxylic acids is 1. The standard InChI is InChI=1S/C28H32N2O6/c1-27(2,3)36-25(33)29-14-18(15-29)30(17-28(12-13-28)24(31)32)26(34)35-16-23-21-10-6-4-8-19(21)20-9-5-7-11-22(20)23/h4-11,18,23H,12-17H2,1-3H3,(H,31,32). The maximum Gasteiger partial charge on any atom is 0.410 e. The number of amides is 2. The number of benzene rings is 2. The van der Waals surface area contributed by atoms with Gasteiger partial charge in [-0.15, -0.1) is 0 Å². The number of likely N-dealkylation sites (tertiary alicyclic amines) is 1. The van der Waals surface area contributed by atoms with Crippen molar-refractivity contribution in [3.63, 3.8) is 0 Å². The molecule has 1 aliphatic heterocycles. The van der Waals surface area contributed by atoms with Crippen molar-refractivity contribution >= 4 is 18.2 Å². The first kappa shape index (κ1) is 24.2. The quantitative estimate of drug-likeness (QED) is 0.627. The normalized spacial score (nSPS) is 18.0. The zero-order chi connectivity index (χ0) is 25.7. The van der Waals surface area contributed by atoms with Gasteiger partial charge in [-0.1, -0.05) is 48.5 Å². The Labute approximate surface area is 210 Å². The van der Waals surface area contributed by atoms with E-state index in [2.05, 4.69) is 24.3 Å². The molecule has 1 saturated heterocycles. The summed E-state index contributed by atoms with van der Waals surface area (Å²) >= 11 is 0. The van der Waals surface area contributed by atoms with E-state index in [0.717, 1.165) is 22.3 Å². The molecule has 2 aliphatic carbocycles. The van der Waals surface area contributed by atoms with Crippen LogP contribution in [0.1, 0.15) is 50.7 Å². The van der Waals surface area contributed by atoms with Gasteiger partial charge in [0, 0.05) is 25.6 Å². The van der Waals surface area contributed by atoms with Crippen molar-refractivity contribution in [3.8, 4) is 11.1 Å². The second-order valence-corrected chi connectivity index (χ2v) is 11.1. The first-order valence-corrected chi connectivity index (χ1v) is 12.4. The largest absolute Gasteiger partial charge is 0.481 e. The van der Waals surface area contributed by atoms with E-state index >= 15 is 0 Å². The molecule has 1 N–H and O–H groups in total. The maximum absolute atomic E-state index is 13.4. The summed E-state index contributed by atoms with van der Waals surface area (Å²) < 4.78 is 11.3. The van der Waals surface area contributed by atoms with Crippen LogP contribution in [-0.2, 0) is 14.3 Å². The Kier molecular flexibility index (Phi) is 5.93. The number of hydrogen-bond donors (Lipinski definition) is 1. The smallest absolute Gasteiger partial charge is 0.410 e. The molecule has 0 spiro atoms. The van der Waals surface area contributed by atoms with Crippen LogP contribution in [0, 0.1) is 5.41 Å². The number of rotatable bonds is 6. The summed E-state index contributed by atoms with van der Waals surface area (Å²) in [5.41, 5.74) is 2.96. The predicted molar refractivity (Wildman–Crippen MR) is 133 cm³/mol. The molecule has 36 heavy (non-hydrogen) atoms. The second kappa shape index (κ2) is 8.84. The molecular formula is C28H32N2O6. The van der Waals surface area contributed by atoms with E-state index in [4.69, 9.17) is 9.47 Å². The van der Waals surface area contributed by atoms with Gasteiger partial charge in [-0.25, -0.2) is 9.59 Å². The maximum atomic E-state index is 13.4. The Bertz CT molecular complexity index is 1150. The van der Waals surface area contributed by atoms with Gasteiger partial charge in [0.2, 0.25) is 0 Å². The Balaban J connectivity index is 1.29. The molecule has 0 atom stereocenters. The summed E-state index contributed by atoms with van der Waals surface area (Å²) in [6.07, 6.45) is 0.0690. The molecule has 2 aromatic rings. The molecule has 3 aliphatic rings. The highest BCUT2D eigenvalue weighted by molar-refractivity contribution is 5.80. The fourth-order valence-electron chi connectivity index (χ4n) is 5.06. The van der Waals surface area contributed by atoms with Crippen LogP contribution in [-0.4, -0.2) is 70.9 Å². The van der Waals surface area contributed by atoms with Gasteiger partial charge < -0.3 is 24.4 Å². The topological polar surface area (TPSA) is 96.4 Å². The summed E-state index contributed by atoms with van der Waals surface area (Å²) in [5, 5.41) is 9.73. The Hall–Kier alpha value is -3.55. The van der Waals surface area contributed by atoms with E-state index in [1.807, 2.05) is 24.3 Å². The van der Waals surface area contributed by atoms with Gasteiger partial charge in [-0.05, 0) is 55.9 Å². The first-order chi connectivity index (χ1) is 17.1. The average molecular weight is 493 g/mol. The lowest BCUT2D eigenvalue weighted by molar-refractivity contribution is -0.144. The first-order valence-electron chi connectivity index (χ1n) is 12.4. The number of fused-ring (bicyclic) bond motifs is 3. The molecule has 5 rings (SSSR count). The average Bonchev–Trinajstić information content (AvgIpc) is 3.51. The molecule has 0 unspecified atom stereocenters. The third-order valence-electron chi connectivity index (χ3n) is 7.31. The van der Waals surface area contributed by atoms with Crippen LogP contribution in [0.25, 0.3) is 11.1 Å². The highest BCUT2D eigenvalue weighted by atomic mass is 16.6. The molecule has 0 aromatic heterocycles. The third kappa shape index (κ3) is 4.52. The summed E-state index contributed by atoms with van der Waals surface area (Å²) in [6, 6.07) is 15.9.